The lowest BCUT2D eigenvalue weighted by atomic mass is 9.87. The van der Waals surface area contributed by atoms with Crippen LogP contribution in [0.5, 0.6) is 11.5 Å². The largest absolute Gasteiger partial charge is 0.457 e. The summed E-state index contributed by atoms with van der Waals surface area (Å²) in [5.41, 5.74) is 2.71. The van der Waals surface area contributed by atoms with E-state index in [-0.39, 0.29) is 18.2 Å². The van der Waals surface area contributed by atoms with Gasteiger partial charge in [0, 0.05) is 30.1 Å². The van der Waals surface area contributed by atoms with Crippen LogP contribution in [0.1, 0.15) is 17.0 Å². The molecule has 0 atom stereocenters. The predicted octanol–water partition coefficient (Wildman–Crippen LogP) is 3.13. The fourth-order valence-electron chi connectivity index (χ4n) is 3.82. The third-order valence-electron chi connectivity index (χ3n) is 5.29. The first-order valence-electron chi connectivity index (χ1n) is 10.1. The zero-order valence-corrected chi connectivity index (χ0v) is 17.7. The third-order valence-corrected chi connectivity index (χ3v) is 6.57. The first kappa shape index (κ1) is 20.1. The number of carbonyl (C=O) groups excluding carboxylic acids is 1. The van der Waals surface area contributed by atoms with Crippen molar-refractivity contribution in [1.82, 2.24) is 14.9 Å². The maximum atomic E-state index is 13.1. The van der Waals surface area contributed by atoms with Gasteiger partial charge in [-0.05, 0) is 30.3 Å². The van der Waals surface area contributed by atoms with Gasteiger partial charge in [-0.25, -0.2) is 12.9 Å². The van der Waals surface area contributed by atoms with Crippen LogP contribution in [-0.2, 0) is 14.8 Å². The van der Waals surface area contributed by atoms with Crippen LogP contribution in [0.15, 0.2) is 79.1 Å². The normalized spacial score (nSPS) is 13.1. The number of benzene rings is 2. The van der Waals surface area contributed by atoms with Crippen LogP contribution in [0.4, 0.5) is 5.69 Å². The topological polar surface area (TPSA) is 102 Å². The summed E-state index contributed by atoms with van der Waals surface area (Å²) >= 11 is 0. The van der Waals surface area contributed by atoms with E-state index in [1.165, 1.54) is 0 Å². The first-order chi connectivity index (χ1) is 15.5. The van der Waals surface area contributed by atoms with Gasteiger partial charge in [0.25, 0.3) is 0 Å². The summed E-state index contributed by atoms with van der Waals surface area (Å²) in [6.45, 7) is -0.0230. The second-order valence-electron chi connectivity index (χ2n) is 7.44. The first-order valence-corrected chi connectivity index (χ1v) is 11.7. The molecule has 1 aliphatic heterocycles. The van der Waals surface area contributed by atoms with Gasteiger partial charge < -0.3 is 10.1 Å². The average molecular weight is 449 g/mol. The number of para-hydroxylation sites is 2. The maximum Gasteiger partial charge on any atom is 0.234 e. The molecule has 32 heavy (non-hydrogen) atoms. The molecule has 1 amide bonds. The molecule has 2 aromatic heterocycles. The van der Waals surface area contributed by atoms with Gasteiger partial charge in [0.15, 0.2) is 0 Å². The highest BCUT2D eigenvalue weighted by Crippen LogP contribution is 2.43. The molecule has 162 valence electrons. The van der Waals surface area contributed by atoms with Crippen molar-refractivity contribution in [2.75, 3.05) is 17.0 Å². The third kappa shape index (κ3) is 3.90. The average Bonchev–Trinajstić information content (AvgIpc) is 3.24. The van der Waals surface area contributed by atoms with Crippen LogP contribution in [0, 0.1) is 0 Å². The molecule has 0 spiro atoms. The highest BCUT2D eigenvalue weighted by Gasteiger charge is 2.32. The number of ether oxygens (including phenoxy) is 1. The van der Waals surface area contributed by atoms with E-state index in [0.717, 1.165) is 16.6 Å². The highest BCUT2D eigenvalue weighted by atomic mass is 32.2. The van der Waals surface area contributed by atoms with Gasteiger partial charge in [-0.3, -0.25) is 9.52 Å². The Bertz CT molecular complexity index is 1370. The van der Waals surface area contributed by atoms with E-state index in [2.05, 4.69) is 15.1 Å². The minimum absolute atomic E-state index is 0.0230. The van der Waals surface area contributed by atoms with Gasteiger partial charge in [0.1, 0.15) is 11.5 Å². The molecule has 3 heterocycles. The van der Waals surface area contributed by atoms with Crippen molar-refractivity contribution < 1.29 is 17.9 Å². The lowest BCUT2D eigenvalue weighted by Crippen LogP contribution is -2.35. The Morgan fingerprint density at radius 2 is 1.69 bits per heavy atom. The lowest BCUT2D eigenvalue weighted by molar-refractivity contribution is -0.121. The molecule has 0 bridgehead atoms. The number of carbonyl (C=O) groups is 1. The van der Waals surface area contributed by atoms with Crippen molar-refractivity contribution >= 4 is 27.1 Å². The van der Waals surface area contributed by atoms with Crippen molar-refractivity contribution in [2.24, 2.45) is 0 Å². The van der Waals surface area contributed by atoms with Crippen LogP contribution >= 0.6 is 0 Å². The molecule has 8 nitrogen and oxygen atoms in total. The van der Waals surface area contributed by atoms with E-state index in [1.807, 2.05) is 48.5 Å². The molecule has 0 saturated carbocycles. The SMILES string of the molecule is O=C(NCCS(=O)(=O)Nc1ccn2nccc2c1)C1c2ccccc2Oc2ccccc21. The van der Waals surface area contributed by atoms with E-state index in [0.29, 0.717) is 17.2 Å². The Hall–Kier alpha value is -3.85. The Labute approximate surface area is 184 Å². The molecule has 0 saturated heterocycles. The van der Waals surface area contributed by atoms with Gasteiger partial charge in [-0.2, -0.15) is 5.10 Å². The number of hydrogen-bond acceptors (Lipinski definition) is 5. The van der Waals surface area contributed by atoms with E-state index in [4.69, 9.17) is 4.74 Å². The van der Waals surface area contributed by atoms with Gasteiger partial charge in [-0.15, -0.1) is 0 Å². The second-order valence-corrected chi connectivity index (χ2v) is 9.28. The Morgan fingerprint density at radius 3 is 2.41 bits per heavy atom. The van der Waals surface area contributed by atoms with E-state index < -0.39 is 15.9 Å². The minimum Gasteiger partial charge on any atom is -0.457 e. The minimum atomic E-state index is -3.65. The zero-order chi connectivity index (χ0) is 22.1. The molecule has 0 fully saturated rings. The van der Waals surface area contributed by atoms with Gasteiger partial charge in [0.05, 0.1) is 22.9 Å². The fourth-order valence-corrected chi connectivity index (χ4v) is 4.78. The number of rotatable bonds is 6. The number of pyridine rings is 1. The molecular weight excluding hydrogens is 428 g/mol. The molecule has 2 aromatic carbocycles. The molecule has 2 N–H and O–H groups in total. The number of anilines is 1. The predicted molar refractivity (Wildman–Crippen MR) is 120 cm³/mol. The van der Waals surface area contributed by atoms with Crippen LogP contribution in [0.3, 0.4) is 0 Å². The molecule has 0 unspecified atom stereocenters. The number of aromatic nitrogens is 2. The summed E-state index contributed by atoms with van der Waals surface area (Å²) in [5.74, 6) is 0.141. The molecule has 0 aliphatic carbocycles. The van der Waals surface area contributed by atoms with Crippen molar-refractivity contribution in [1.29, 1.82) is 0 Å². The highest BCUT2D eigenvalue weighted by molar-refractivity contribution is 7.92. The molecule has 0 radical (unpaired) electrons. The summed E-state index contributed by atoms with van der Waals surface area (Å²) < 4.78 is 35.1. The molecule has 1 aliphatic rings. The Morgan fingerprint density at radius 1 is 1.00 bits per heavy atom. The Kier molecular flexibility index (Phi) is 5.02. The van der Waals surface area contributed by atoms with Crippen LogP contribution < -0.4 is 14.8 Å². The summed E-state index contributed by atoms with van der Waals surface area (Å²) in [5, 5.41) is 6.86. The monoisotopic (exact) mass is 448 g/mol. The van der Waals surface area contributed by atoms with Crippen molar-refractivity contribution in [3.63, 3.8) is 0 Å². The summed E-state index contributed by atoms with van der Waals surface area (Å²) in [6.07, 6.45) is 3.31. The molecule has 5 rings (SSSR count). The van der Waals surface area contributed by atoms with Crippen LogP contribution in [0.2, 0.25) is 0 Å². The Balaban J connectivity index is 1.28. The fraction of sp³-hybridized carbons (Fsp3) is 0.130. The number of nitrogens with one attached hydrogen (secondary N) is 2. The lowest BCUT2D eigenvalue weighted by Gasteiger charge is -2.27. The van der Waals surface area contributed by atoms with Crippen molar-refractivity contribution in [2.45, 2.75) is 5.92 Å². The second kappa shape index (κ2) is 8.01. The summed E-state index contributed by atoms with van der Waals surface area (Å²) in [7, 11) is -3.65. The number of fused-ring (bicyclic) bond motifs is 3. The van der Waals surface area contributed by atoms with E-state index in [9.17, 15) is 13.2 Å². The summed E-state index contributed by atoms with van der Waals surface area (Å²) in [6, 6.07) is 19.8. The number of sulfonamides is 1. The smallest absolute Gasteiger partial charge is 0.234 e. The quantitative estimate of drug-likeness (QED) is 0.472. The van der Waals surface area contributed by atoms with Gasteiger partial charge >= 0.3 is 0 Å². The standard InChI is InChI=1S/C23H20N4O4S/c28-23(22-18-5-1-3-7-20(18)31-21-8-4-2-6-19(21)22)24-12-14-32(29,30)26-16-10-13-27-17(15-16)9-11-25-27/h1-11,13,15,22,26H,12,14H2,(H,24,28). The molecular formula is C23H20N4O4S. The van der Waals surface area contributed by atoms with E-state index >= 15 is 0 Å². The maximum absolute atomic E-state index is 13.1. The number of amides is 1. The van der Waals surface area contributed by atoms with Crippen LogP contribution in [-0.4, -0.2) is 36.2 Å². The molecule has 4 aromatic rings. The van der Waals surface area contributed by atoms with Crippen LogP contribution in [0.25, 0.3) is 5.52 Å². The van der Waals surface area contributed by atoms with E-state index in [1.54, 1.807) is 35.1 Å². The van der Waals surface area contributed by atoms with Gasteiger partial charge in [0.2, 0.25) is 15.9 Å². The number of nitrogens with zero attached hydrogens (tertiary/aromatic N) is 2. The zero-order valence-electron chi connectivity index (χ0n) is 16.9. The summed E-state index contributed by atoms with van der Waals surface area (Å²) in [4.78, 5) is 13.1. The van der Waals surface area contributed by atoms with Gasteiger partial charge in [-0.1, -0.05) is 36.4 Å². The van der Waals surface area contributed by atoms with Crippen molar-refractivity contribution in [3.8, 4) is 11.5 Å². The molecule has 9 heteroatoms. The van der Waals surface area contributed by atoms with Crippen molar-refractivity contribution in [3.05, 3.63) is 90.3 Å². The number of hydrogen-bond donors (Lipinski definition) is 2.